The largest absolute Gasteiger partial charge is 0.467 e. The first-order valence-electron chi connectivity index (χ1n) is 8.20. The lowest BCUT2D eigenvalue weighted by Crippen LogP contribution is -2.57. The summed E-state index contributed by atoms with van der Waals surface area (Å²) in [6, 6.07) is 7.06. The van der Waals surface area contributed by atoms with E-state index in [1.54, 1.807) is 0 Å². The van der Waals surface area contributed by atoms with E-state index in [4.69, 9.17) is 9.16 Å². The van der Waals surface area contributed by atoms with E-state index in [1.807, 2.05) is 24.3 Å². The number of nitrogens with zero attached hydrogens (tertiary/aromatic N) is 1. The highest BCUT2D eigenvalue weighted by Crippen LogP contribution is 2.38. The molecule has 0 bridgehead atoms. The number of esters is 1. The van der Waals surface area contributed by atoms with Crippen LogP contribution in [0.5, 0.6) is 0 Å². The fourth-order valence-corrected chi connectivity index (χ4v) is 3.34. The number of rotatable bonds is 5. The van der Waals surface area contributed by atoms with Crippen LogP contribution in [0.4, 0.5) is 5.69 Å². The topological polar surface area (TPSA) is 55.8 Å². The van der Waals surface area contributed by atoms with Gasteiger partial charge in [0, 0.05) is 5.56 Å². The summed E-state index contributed by atoms with van der Waals surface area (Å²) in [5.74, 6) is -0.445. The van der Waals surface area contributed by atoms with Crippen LogP contribution in [0, 0.1) is 0 Å². The quantitative estimate of drug-likeness (QED) is 0.464. The first-order chi connectivity index (χ1) is 11.1. The van der Waals surface area contributed by atoms with Crippen LogP contribution in [-0.4, -0.2) is 33.3 Å². The van der Waals surface area contributed by atoms with Crippen molar-refractivity contribution in [2.75, 3.05) is 12.0 Å². The summed E-state index contributed by atoms with van der Waals surface area (Å²) in [6.07, 6.45) is 0.199. The predicted molar refractivity (Wildman–Crippen MR) is 96.3 cm³/mol. The lowest BCUT2D eigenvalue weighted by Gasteiger charge is -2.40. The molecule has 1 aromatic carbocycles. The molecule has 0 N–H and O–H groups in total. The first kappa shape index (κ1) is 18.7. The van der Waals surface area contributed by atoms with E-state index in [0.29, 0.717) is 6.61 Å². The number of anilines is 1. The van der Waals surface area contributed by atoms with Gasteiger partial charge < -0.3 is 9.16 Å². The molecule has 1 aliphatic rings. The molecule has 24 heavy (non-hydrogen) atoms. The molecule has 1 heterocycles. The van der Waals surface area contributed by atoms with Gasteiger partial charge in [-0.1, -0.05) is 39.0 Å². The smallest absolute Gasteiger partial charge is 0.329 e. The van der Waals surface area contributed by atoms with Gasteiger partial charge >= 0.3 is 5.97 Å². The Balaban J connectivity index is 2.22. The minimum Gasteiger partial charge on any atom is -0.467 e. The zero-order chi connectivity index (χ0) is 18.1. The maximum absolute atomic E-state index is 12.1. The molecule has 1 saturated heterocycles. The molecule has 2 rings (SSSR count). The van der Waals surface area contributed by atoms with Gasteiger partial charge in [0.25, 0.3) is 0 Å². The van der Waals surface area contributed by atoms with Crippen LogP contribution >= 0.6 is 0 Å². The molecule has 1 aromatic rings. The number of β-lactam (4-membered cyclic amide) rings is 1. The molecule has 1 amide bonds. The lowest BCUT2D eigenvalue weighted by molar-refractivity contribution is -0.148. The van der Waals surface area contributed by atoms with Crippen LogP contribution in [0.1, 0.15) is 32.8 Å². The lowest BCUT2D eigenvalue weighted by atomic mass is 9.99. The van der Waals surface area contributed by atoms with Crippen LogP contribution in [-0.2, 0) is 25.4 Å². The Morgan fingerprint density at radius 3 is 2.46 bits per heavy atom. The van der Waals surface area contributed by atoms with Crippen molar-refractivity contribution in [3.05, 3.63) is 29.8 Å². The number of carbonyl (C=O) groups excluding carboxylic acids is 2. The minimum absolute atomic E-state index is 0.0647. The van der Waals surface area contributed by atoms with E-state index < -0.39 is 14.4 Å². The Labute approximate surface area is 145 Å². The summed E-state index contributed by atoms with van der Waals surface area (Å²) in [7, 11) is -0.552. The maximum atomic E-state index is 12.1. The van der Waals surface area contributed by atoms with Crippen LogP contribution in [0.25, 0.3) is 0 Å². The van der Waals surface area contributed by atoms with Crippen LogP contribution in [0.15, 0.2) is 24.3 Å². The molecule has 0 saturated carbocycles. The maximum Gasteiger partial charge on any atom is 0.329 e. The van der Waals surface area contributed by atoms with Crippen molar-refractivity contribution < 1.29 is 18.8 Å². The summed E-state index contributed by atoms with van der Waals surface area (Å²) in [4.78, 5) is 25.4. The number of hydrogen-bond acceptors (Lipinski definition) is 4. The molecular formula is C18H27NO4Si. The fourth-order valence-electron chi connectivity index (χ4n) is 2.39. The average molecular weight is 350 g/mol. The summed E-state index contributed by atoms with van der Waals surface area (Å²) in [5, 5.41) is 0.114. The number of methoxy groups -OCH3 is 1. The second-order valence-corrected chi connectivity index (χ2v) is 12.5. The highest BCUT2D eigenvalue weighted by atomic mass is 28.4. The van der Waals surface area contributed by atoms with Gasteiger partial charge in [0.2, 0.25) is 5.91 Å². The van der Waals surface area contributed by atoms with Crippen molar-refractivity contribution in [2.24, 2.45) is 0 Å². The molecule has 1 aliphatic heterocycles. The molecule has 6 heteroatoms. The zero-order valence-corrected chi connectivity index (χ0v) is 16.4. The predicted octanol–water partition coefficient (Wildman–Crippen LogP) is 3.49. The van der Waals surface area contributed by atoms with Gasteiger partial charge in [-0.15, -0.1) is 0 Å². The molecule has 1 fully saturated rings. The third-order valence-corrected chi connectivity index (χ3v) is 9.55. The molecule has 1 unspecified atom stereocenters. The number of benzene rings is 1. The molecule has 0 radical (unpaired) electrons. The SMILES string of the molecule is COC(=O)C1CC(=O)N1c1ccccc1CO[Si](C)(C)C(C)(C)C. The van der Waals surface area contributed by atoms with Crippen molar-refractivity contribution in [1.82, 2.24) is 0 Å². The zero-order valence-electron chi connectivity index (χ0n) is 15.4. The van der Waals surface area contributed by atoms with Gasteiger partial charge in [-0.2, -0.15) is 0 Å². The van der Waals surface area contributed by atoms with Gasteiger partial charge in [0.05, 0.1) is 25.8 Å². The van der Waals surface area contributed by atoms with E-state index >= 15 is 0 Å². The Kier molecular flexibility index (Phi) is 5.20. The van der Waals surface area contributed by atoms with Gasteiger partial charge in [0.1, 0.15) is 6.04 Å². The molecule has 0 spiro atoms. The molecule has 5 nitrogen and oxygen atoms in total. The Bertz CT molecular complexity index is 636. The molecule has 1 atom stereocenters. The van der Waals surface area contributed by atoms with Gasteiger partial charge in [0.15, 0.2) is 8.32 Å². The van der Waals surface area contributed by atoms with E-state index in [1.165, 1.54) is 12.0 Å². The Morgan fingerprint density at radius 2 is 1.92 bits per heavy atom. The van der Waals surface area contributed by atoms with Crippen molar-refractivity contribution in [2.45, 2.75) is 58.0 Å². The van der Waals surface area contributed by atoms with Gasteiger partial charge in [-0.25, -0.2) is 4.79 Å². The van der Waals surface area contributed by atoms with E-state index in [2.05, 4.69) is 33.9 Å². The molecule has 132 valence electrons. The van der Waals surface area contributed by atoms with Gasteiger partial charge in [-0.05, 0) is 24.2 Å². The van der Waals surface area contributed by atoms with Crippen molar-refractivity contribution in [1.29, 1.82) is 0 Å². The second kappa shape index (κ2) is 6.68. The summed E-state index contributed by atoms with van der Waals surface area (Å²) in [5.41, 5.74) is 1.66. The second-order valence-electron chi connectivity index (χ2n) is 7.68. The first-order valence-corrected chi connectivity index (χ1v) is 11.1. The van der Waals surface area contributed by atoms with Crippen LogP contribution in [0.2, 0.25) is 18.1 Å². The van der Waals surface area contributed by atoms with Crippen molar-refractivity contribution in [3.63, 3.8) is 0 Å². The number of ether oxygens (including phenoxy) is 1. The summed E-state index contributed by atoms with van der Waals surface area (Å²) >= 11 is 0. The van der Waals surface area contributed by atoms with Crippen molar-refractivity contribution >= 4 is 25.9 Å². The average Bonchev–Trinajstić information content (AvgIpc) is 2.50. The summed E-state index contributed by atoms with van der Waals surface area (Å²) < 4.78 is 11.1. The van der Waals surface area contributed by atoms with Crippen LogP contribution < -0.4 is 4.90 Å². The number of hydrogen-bond donors (Lipinski definition) is 0. The number of carbonyl (C=O) groups is 2. The highest BCUT2D eigenvalue weighted by molar-refractivity contribution is 6.74. The monoisotopic (exact) mass is 349 g/mol. The molecule has 0 aromatic heterocycles. The van der Waals surface area contributed by atoms with Gasteiger partial charge in [-0.3, -0.25) is 9.69 Å². The fraction of sp³-hybridized carbons (Fsp3) is 0.556. The standard InChI is InChI=1S/C18H27NO4Si/c1-18(2,3)24(5,6)23-12-13-9-7-8-10-14(13)19-15(11-16(19)20)17(21)22-4/h7-10,15H,11-12H2,1-6H3. The normalized spacial score (nSPS) is 18.3. The Morgan fingerprint density at radius 1 is 1.29 bits per heavy atom. The third kappa shape index (κ3) is 3.54. The van der Waals surface area contributed by atoms with Crippen molar-refractivity contribution in [3.8, 4) is 0 Å². The van der Waals surface area contributed by atoms with E-state index in [0.717, 1.165) is 11.3 Å². The van der Waals surface area contributed by atoms with E-state index in [-0.39, 0.29) is 23.3 Å². The van der Waals surface area contributed by atoms with E-state index in [9.17, 15) is 9.59 Å². The Hall–Kier alpha value is -1.66. The number of para-hydroxylation sites is 1. The number of amides is 1. The molecular weight excluding hydrogens is 322 g/mol. The van der Waals surface area contributed by atoms with Crippen LogP contribution in [0.3, 0.4) is 0 Å². The minimum atomic E-state index is -1.90. The summed E-state index contributed by atoms with van der Waals surface area (Å²) in [6.45, 7) is 11.4. The third-order valence-electron chi connectivity index (χ3n) is 5.07. The highest BCUT2D eigenvalue weighted by Gasteiger charge is 2.44. The molecule has 0 aliphatic carbocycles.